The summed E-state index contributed by atoms with van der Waals surface area (Å²) in [5.41, 5.74) is 4.33. The number of hydrazone groups is 1. The highest BCUT2D eigenvalue weighted by atomic mass is 16.5. The number of benzene rings is 3. The number of hydrogen-bond acceptors (Lipinski definition) is 5. The molecule has 3 aromatic carbocycles. The van der Waals surface area contributed by atoms with Gasteiger partial charge in [0.05, 0.1) is 20.4 Å². The molecule has 0 bridgehead atoms. The Morgan fingerprint density at radius 3 is 2.22 bits per heavy atom. The SMILES string of the molecule is COc1ccc(/C=C(/NC(=O)c2ccccc2)C(=O)N/N=C/c2ccccc2OC)cc1. The molecule has 0 unspecified atom stereocenters. The maximum absolute atomic E-state index is 12.8. The molecule has 0 aliphatic heterocycles. The number of hydrogen-bond donors (Lipinski definition) is 2. The van der Waals surface area contributed by atoms with Gasteiger partial charge in [0.15, 0.2) is 0 Å². The molecular formula is C25H23N3O4. The number of nitrogens with zero attached hydrogens (tertiary/aromatic N) is 1. The van der Waals surface area contributed by atoms with E-state index in [4.69, 9.17) is 9.47 Å². The number of rotatable bonds is 8. The van der Waals surface area contributed by atoms with Crippen LogP contribution in [0.5, 0.6) is 11.5 Å². The highest BCUT2D eigenvalue weighted by molar-refractivity contribution is 6.05. The lowest BCUT2D eigenvalue weighted by Gasteiger charge is -2.10. The minimum absolute atomic E-state index is 0.0428. The maximum atomic E-state index is 12.8. The van der Waals surface area contributed by atoms with Crippen molar-refractivity contribution >= 4 is 24.1 Å². The van der Waals surface area contributed by atoms with Crippen molar-refractivity contribution in [2.45, 2.75) is 0 Å². The molecule has 0 radical (unpaired) electrons. The van der Waals surface area contributed by atoms with Gasteiger partial charge in [-0.2, -0.15) is 5.10 Å². The summed E-state index contributed by atoms with van der Waals surface area (Å²) in [4.78, 5) is 25.4. The van der Waals surface area contributed by atoms with Gasteiger partial charge in [0.25, 0.3) is 11.8 Å². The van der Waals surface area contributed by atoms with Gasteiger partial charge in [-0.1, -0.05) is 42.5 Å². The Kier molecular flexibility index (Phi) is 7.75. The first-order valence-corrected chi connectivity index (χ1v) is 9.79. The van der Waals surface area contributed by atoms with Crippen LogP contribution in [0.3, 0.4) is 0 Å². The van der Waals surface area contributed by atoms with Crippen LogP contribution >= 0.6 is 0 Å². The Hall–Kier alpha value is -4.39. The number of carbonyl (C=O) groups excluding carboxylic acids is 2. The summed E-state index contributed by atoms with van der Waals surface area (Å²) in [5.74, 6) is 0.324. The van der Waals surface area contributed by atoms with Crippen molar-refractivity contribution in [3.8, 4) is 11.5 Å². The van der Waals surface area contributed by atoms with Gasteiger partial charge in [-0.15, -0.1) is 0 Å². The molecule has 7 heteroatoms. The van der Waals surface area contributed by atoms with Crippen LogP contribution in [0.15, 0.2) is 89.7 Å². The van der Waals surface area contributed by atoms with E-state index in [1.807, 2.05) is 18.2 Å². The fraction of sp³-hybridized carbons (Fsp3) is 0.0800. The molecule has 0 aromatic heterocycles. The van der Waals surface area contributed by atoms with Crippen LogP contribution < -0.4 is 20.2 Å². The van der Waals surface area contributed by atoms with Crippen LogP contribution in [0, 0.1) is 0 Å². The fourth-order valence-corrected chi connectivity index (χ4v) is 2.80. The third-order valence-electron chi connectivity index (χ3n) is 4.46. The second-order valence-corrected chi connectivity index (χ2v) is 6.59. The summed E-state index contributed by atoms with van der Waals surface area (Å²) in [7, 11) is 3.13. The summed E-state index contributed by atoms with van der Waals surface area (Å²) >= 11 is 0. The van der Waals surface area contributed by atoms with Gasteiger partial charge in [-0.3, -0.25) is 9.59 Å². The first-order chi connectivity index (χ1) is 15.6. The molecule has 2 N–H and O–H groups in total. The minimum atomic E-state index is -0.573. The van der Waals surface area contributed by atoms with E-state index in [0.717, 1.165) is 0 Å². The zero-order valence-corrected chi connectivity index (χ0v) is 17.7. The first kappa shape index (κ1) is 22.3. The molecule has 0 atom stereocenters. The van der Waals surface area contributed by atoms with Crippen LogP contribution in [0.25, 0.3) is 6.08 Å². The molecule has 2 amide bonds. The number of nitrogens with one attached hydrogen (secondary N) is 2. The molecule has 7 nitrogen and oxygen atoms in total. The third kappa shape index (κ3) is 6.06. The predicted molar refractivity (Wildman–Crippen MR) is 124 cm³/mol. The van der Waals surface area contributed by atoms with E-state index >= 15 is 0 Å². The van der Waals surface area contributed by atoms with E-state index in [-0.39, 0.29) is 5.70 Å². The molecular weight excluding hydrogens is 406 g/mol. The number of methoxy groups -OCH3 is 2. The topological polar surface area (TPSA) is 89.0 Å². The zero-order valence-electron chi connectivity index (χ0n) is 17.7. The van der Waals surface area contributed by atoms with Crippen molar-refractivity contribution in [1.29, 1.82) is 0 Å². The molecule has 3 aromatic rings. The van der Waals surface area contributed by atoms with Crippen LogP contribution in [0.4, 0.5) is 0 Å². The lowest BCUT2D eigenvalue weighted by atomic mass is 10.1. The molecule has 3 rings (SSSR count). The second-order valence-electron chi connectivity index (χ2n) is 6.59. The zero-order chi connectivity index (χ0) is 22.8. The van der Waals surface area contributed by atoms with Crippen molar-refractivity contribution < 1.29 is 19.1 Å². The van der Waals surface area contributed by atoms with Gasteiger partial charge in [-0.25, -0.2) is 5.43 Å². The monoisotopic (exact) mass is 429 g/mol. The van der Waals surface area contributed by atoms with Crippen molar-refractivity contribution in [3.63, 3.8) is 0 Å². The molecule has 0 saturated carbocycles. The summed E-state index contributed by atoms with van der Waals surface area (Å²) < 4.78 is 10.4. The van der Waals surface area contributed by atoms with E-state index < -0.39 is 11.8 Å². The number of para-hydroxylation sites is 1. The van der Waals surface area contributed by atoms with Crippen LogP contribution in [0.1, 0.15) is 21.5 Å². The largest absolute Gasteiger partial charge is 0.497 e. The van der Waals surface area contributed by atoms with E-state index in [1.54, 1.807) is 81.0 Å². The van der Waals surface area contributed by atoms with Crippen molar-refractivity contribution in [1.82, 2.24) is 10.7 Å². The molecule has 162 valence electrons. The summed E-state index contributed by atoms with van der Waals surface area (Å²) in [6.07, 6.45) is 3.04. The van der Waals surface area contributed by atoms with Gasteiger partial charge >= 0.3 is 0 Å². The summed E-state index contributed by atoms with van der Waals surface area (Å²) in [5, 5.41) is 6.67. The number of ether oxygens (including phenoxy) is 2. The average molecular weight is 429 g/mol. The van der Waals surface area contributed by atoms with Crippen molar-refractivity contribution in [2.75, 3.05) is 14.2 Å². The Balaban J connectivity index is 1.81. The van der Waals surface area contributed by atoms with E-state index in [0.29, 0.717) is 28.2 Å². The number of carbonyl (C=O) groups is 2. The van der Waals surface area contributed by atoms with Crippen LogP contribution in [-0.4, -0.2) is 32.2 Å². The van der Waals surface area contributed by atoms with Gasteiger partial charge in [0.1, 0.15) is 17.2 Å². The molecule has 0 aliphatic rings. The van der Waals surface area contributed by atoms with Crippen molar-refractivity contribution in [3.05, 3.63) is 101 Å². The lowest BCUT2D eigenvalue weighted by molar-refractivity contribution is -0.117. The molecule has 0 heterocycles. The summed E-state index contributed by atoms with van der Waals surface area (Å²) in [6, 6.07) is 23.0. The normalized spacial score (nSPS) is 11.1. The predicted octanol–water partition coefficient (Wildman–Crippen LogP) is 3.63. The third-order valence-corrected chi connectivity index (χ3v) is 4.46. The molecule has 32 heavy (non-hydrogen) atoms. The Morgan fingerprint density at radius 2 is 1.53 bits per heavy atom. The molecule has 0 fully saturated rings. The van der Waals surface area contributed by atoms with E-state index in [9.17, 15) is 9.59 Å². The molecule has 0 aliphatic carbocycles. The quantitative estimate of drug-likeness (QED) is 0.325. The molecule has 0 spiro atoms. The van der Waals surface area contributed by atoms with Gasteiger partial charge in [0.2, 0.25) is 0 Å². The second kappa shape index (κ2) is 11.1. The Morgan fingerprint density at radius 1 is 0.844 bits per heavy atom. The van der Waals surface area contributed by atoms with Gasteiger partial charge in [-0.05, 0) is 48.0 Å². The van der Waals surface area contributed by atoms with Crippen molar-refractivity contribution in [2.24, 2.45) is 5.10 Å². The maximum Gasteiger partial charge on any atom is 0.287 e. The van der Waals surface area contributed by atoms with Gasteiger partial charge < -0.3 is 14.8 Å². The fourth-order valence-electron chi connectivity index (χ4n) is 2.80. The Labute approximate surface area is 186 Å². The average Bonchev–Trinajstić information content (AvgIpc) is 2.84. The highest BCUT2D eigenvalue weighted by Crippen LogP contribution is 2.15. The van der Waals surface area contributed by atoms with Gasteiger partial charge in [0, 0.05) is 11.1 Å². The highest BCUT2D eigenvalue weighted by Gasteiger charge is 2.14. The molecule has 0 saturated heterocycles. The number of amides is 2. The minimum Gasteiger partial charge on any atom is -0.497 e. The lowest BCUT2D eigenvalue weighted by Crippen LogP contribution is -2.32. The Bertz CT molecular complexity index is 1120. The smallest absolute Gasteiger partial charge is 0.287 e. The van der Waals surface area contributed by atoms with E-state index in [1.165, 1.54) is 6.21 Å². The standard InChI is InChI=1S/C25H23N3O4/c1-31-21-14-12-18(13-15-21)16-22(27-24(29)19-8-4-3-5-9-19)25(30)28-26-17-20-10-6-7-11-23(20)32-2/h3-17H,1-2H3,(H,27,29)(H,28,30)/b22-16+,26-17+. The van der Waals surface area contributed by atoms with Crippen LogP contribution in [-0.2, 0) is 4.79 Å². The first-order valence-electron chi connectivity index (χ1n) is 9.79. The van der Waals surface area contributed by atoms with E-state index in [2.05, 4.69) is 15.8 Å². The van der Waals surface area contributed by atoms with Crippen LogP contribution in [0.2, 0.25) is 0 Å². The summed E-state index contributed by atoms with van der Waals surface area (Å²) in [6.45, 7) is 0.